The standard InChI is InChI=1S/C28H36N2O5/c1-25-10-5-19(30-17-29-14-9-23(30)31)15-27(25,33)12-7-22-21(25)6-11-26(2)20(8-13-28(22,26)34)18-3-4-24(32)35-16-18/h3-4,9,14,16-17,19-22,33-34H,5-8,10-13,15H2,1-2H3/t19-,20+,21-,22+,25+,26+,27-,28-/m0/s1. The van der Waals surface area contributed by atoms with Crippen molar-refractivity contribution in [2.45, 2.75) is 94.8 Å². The van der Waals surface area contributed by atoms with Crippen LogP contribution in [0, 0.1) is 22.7 Å². The van der Waals surface area contributed by atoms with Gasteiger partial charge in [0, 0.05) is 29.8 Å². The Kier molecular flexibility index (Phi) is 5.05. The molecule has 0 unspecified atom stereocenters. The van der Waals surface area contributed by atoms with Gasteiger partial charge < -0.3 is 14.6 Å². The maximum Gasteiger partial charge on any atom is 0.335 e. The molecule has 2 heterocycles. The monoisotopic (exact) mass is 480 g/mol. The molecule has 0 aliphatic heterocycles. The second-order valence-corrected chi connectivity index (χ2v) is 12.3. The van der Waals surface area contributed by atoms with E-state index in [-0.39, 0.29) is 45.8 Å². The van der Waals surface area contributed by atoms with Crippen LogP contribution in [0.2, 0.25) is 0 Å². The molecule has 2 N–H and O–H groups in total. The minimum Gasteiger partial charge on any atom is -0.431 e. The van der Waals surface area contributed by atoms with E-state index in [1.807, 2.05) is 6.07 Å². The summed E-state index contributed by atoms with van der Waals surface area (Å²) in [7, 11) is 0. The lowest BCUT2D eigenvalue weighted by atomic mass is 9.42. The SMILES string of the molecule is C[C@]12CC[C@H](n3cnccc3=O)C[C@@]1(O)CC[C@@H]1[C@@H]2CC[C@]2(C)[C@@H](c3ccc(=O)oc3)CC[C@]12O. The molecule has 188 valence electrons. The van der Waals surface area contributed by atoms with Gasteiger partial charge in [0.05, 0.1) is 23.8 Å². The van der Waals surface area contributed by atoms with E-state index in [4.69, 9.17) is 4.42 Å². The van der Waals surface area contributed by atoms with Crippen molar-refractivity contribution in [2.24, 2.45) is 22.7 Å². The zero-order valence-corrected chi connectivity index (χ0v) is 20.7. The van der Waals surface area contributed by atoms with Gasteiger partial charge in [-0.05, 0) is 92.6 Å². The van der Waals surface area contributed by atoms with Crippen molar-refractivity contribution < 1.29 is 14.6 Å². The number of rotatable bonds is 2. The van der Waals surface area contributed by atoms with Crippen molar-refractivity contribution >= 4 is 0 Å². The zero-order chi connectivity index (χ0) is 24.6. The molecule has 0 radical (unpaired) electrons. The molecule has 6 rings (SSSR count). The predicted octanol–water partition coefficient (Wildman–Crippen LogP) is 3.79. The minimum atomic E-state index is -0.864. The molecule has 0 saturated heterocycles. The Balaban J connectivity index is 1.31. The largest absolute Gasteiger partial charge is 0.431 e. The van der Waals surface area contributed by atoms with Gasteiger partial charge in [-0.3, -0.25) is 9.36 Å². The highest BCUT2D eigenvalue weighted by Crippen LogP contribution is 2.71. The van der Waals surface area contributed by atoms with Gasteiger partial charge in [0.15, 0.2) is 0 Å². The van der Waals surface area contributed by atoms with Crippen LogP contribution in [0.3, 0.4) is 0 Å². The molecule has 7 nitrogen and oxygen atoms in total. The second-order valence-electron chi connectivity index (χ2n) is 12.3. The lowest BCUT2D eigenvalue weighted by Gasteiger charge is -2.66. The minimum absolute atomic E-state index is 0.0497. The highest BCUT2D eigenvalue weighted by Gasteiger charge is 2.70. The molecule has 0 amide bonds. The molecule has 0 bridgehead atoms. The fourth-order valence-corrected chi connectivity index (χ4v) is 9.17. The summed E-state index contributed by atoms with van der Waals surface area (Å²) in [6, 6.07) is 4.78. The van der Waals surface area contributed by atoms with Gasteiger partial charge in [0.1, 0.15) is 0 Å². The fraction of sp³-hybridized carbons (Fsp3) is 0.679. The molecule has 4 aliphatic carbocycles. The maximum absolute atomic E-state index is 12.4. The fourth-order valence-electron chi connectivity index (χ4n) is 9.17. The van der Waals surface area contributed by atoms with E-state index in [9.17, 15) is 19.8 Å². The third kappa shape index (κ3) is 3.07. The number of hydrogen-bond donors (Lipinski definition) is 2. The second kappa shape index (κ2) is 7.62. The summed E-state index contributed by atoms with van der Waals surface area (Å²) < 4.78 is 6.88. The summed E-state index contributed by atoms with van der Waals surface area (Å²) in [6.45, 7) is 4.46. The summed E-state index contributed by atoms with van der Waals surface area (Å²) in [6.07, 6.45) is 11.8. The van der Waals surface area contributed by atoms with Crippen LogP contribution in [0.1, 0.15) is 89.2 Å². The first-order valence-corrected chi connectivity index (χ1v) is 13.2. The van der Waals surface area contributed by atoms with Gasteiger partial charge in [-0.1, -0.05) is 13.8 Å². The molecular weight excluding hydrogens is 444 g/mol. The normalized spacial score (nSPS) is 44.8. The van der Waals surface area contributed by atoms with Crippen LogP contribution in [0.4, 0.5) is 0 Å². The summed E-state index contributed by atoms with van der Waals surface area (Å²) in [5.41, 5.74) is -1.67. The maximum atomic E-state index is 12.4. The lowest BCUT2D eigenvalue weighted by Crippen LogP contribution is -2.67. The Morgan fingerprint density at radius 3 is 2.46 bits per heavy atom. The van der Waals surface area contributed by atoms with E-state index in [0.29, 0.717) is 12.8 Å². The number of fused-ring (bicyclic) bond motifs is 5. The summed E-state index contributed by atoms with van der Waals surface area (Å²) in [5, 5.41) is 24.5. The predicted molar refractivity (Wildman–Crippen MR) is 130 cm³/mol. The van der Waals surface area contributed by atoms with E-state index < -0.39 is 11.2 Å². The average molecular weight is 481 g/mol. The van der Waals surface area contributed by atoms with Gasteiger partial charge in [-0.2, -0.15) is 0 Å². The van der Waals surface area contributed by atoms with Crippen molar-refractivity contribution in [3.8, 4) is 0 Å². The third-order valence-corrected chi connectivity index (χ3v) is 11.2. The quantitative estimate of drug-likeness (QED) is 0.678. The molecule has 0 spiro atoms. The lowest BCUT2D eigenvalue weighted by molar-refractivity contribution is -0.249. The molecular formula is C28H36N2O5. The highest BCUT2D eigenvalue weighted by atomic mass is 16.4. The van der Waals surface area contributed by atoms with Crippen molar-refractivity contribution in [1.29, 1.82) is 0 Å². The van der Waals surface area contributed by atoms with E-state index in [1.54, 1.807) is 17.2 Å². The van der Waals surface area contributed by atoms with Crippen LogP contribution in [-0.4, -0.2) is 31.0 Å². The first-order valence-electron chi connectivity index (χ1n) is 13.2. The number of aromatic nitrogens is 2. The van der Waals surface area contributed by atoms with E-state index in [2.05, 4.69) is 18.8 Å². The Labute approximate surface area is 205 Å². The Bertz CT molecular complexity index is 1240. The van der Waals surface area contributed by atoms with Gasteiger partial charge in [-0.15, -0.1) is 0 Å². The smallest absolute Gasteiger partial charge is 0.335 e. The Morgan fingerprint density at radius 1 is 0.943 bits per heavy atom. The van der Waals surface area contributed by atoms with Crippen molar-refractivity contribution in [3.05, 3.63) is 63.3 Å². The first kappa shape index (κ1) is 23.2. The van der Waals surface area contributed by atoms with Gasteiger partial charge in [0.25, 0.3) is 5.56 Å². The third-order valence-electron chi connectivity index (χ3n) is 11.2. The molecule has 4 aliphatic rings. The van der Waals surface area contributed by atoms with Gasteiger partial charge >= 0.3 is 5.63 Å². The highest BCUT2D eigenvalue weighted by molar-refractivity contribution is 5.27. The molecule has 35 heavy (non-hydrogen) atoms. The number of hydrogen-bond acceptors (Lipinski definition) is 6. The van der Waals surface area contributed by atoms with Crippen LogP contribution in [0.5, 0.6) is 0 Å². The number of nitrogens with zero attached hydrogens (tertiary/aromatic N) is 2. The molecule has 7 heteroatoms. The van der Waals surface area contributed by atoms with Crippen LogP contribution < -0.4 is 11.2 Å². The van der Waals surface area contributed by atoms with Crippen molar-refractivity contribution in [1.82, 2.24) is 9.55 Å². The molecule has 4 fully saturated rings. The van der Waals surface area contributed by atoms with Crippen LogP contribution >= 0.6 is 0 Å². The summed E-state index contributed by atoms with van der Waals surface area (Å²) in [4.78, 5) is 28.1. The summed E-state index contributed by atoms with van der Waals surface area (Å²) >= 11 is 0. The first-order chi connectivity index (χ1) is 16.6. The topological polar surface area (TPSA) is 106 Å². The van der Waals surface area contributed by atoms with E-state index in [0.717, 1.165) is 50.5 Å². The molecule has 4 saturated carbocycles. The Hall–Kier alpha value is -2.25. The molecule has 8 atom stereocenters. The molecule has 2 aromatic rings. The summed E-state index contributed by atoms with van der Waals surface area (Å²) in [5.74, 6) is 0.517. The van der Waals surface area contributed by atoms with Crippen molar-refractivity contribution in [3.63, 3.8) is 0 Å². The molecule has 2 aromatic heterocycles. The van der Waals surface area contributed by atoms with E-state index >= 15 is 0 Å². The van der Waals surface area contributed by atoms with E-state index in [1.165, 1.54) is 18.3 Å². The van der Waals surface area contributed by atoms with Gasteiger partial charge in [0.2, 0.25) is 0 Å². The zero-order valence-electron chi connectivity index (χ0n) is 20.7. The number of aliphatic hydroxyl groups is 2. The van der Waals surface area contributed by atoms with Gasteiger partial charge in [-0.25, -0.2) is 9.78 Å². The average Bonchev–Trinajstić information content (AvgIpc) is 3.11. The Morgan fingerprint density at radius 2 is 1.71 bits per heavy atom. The van der Waals surface area contributed by atoms with Crippen LogP contribution in [0.25, 0.3) is 0 Å². The van der Waals surface area contributed by atoms with Crippen LogP contribution in [0.15, 0.2) is 51.0 Å². The molecule has 0 aromatic carbocycles. The van der Waals surface area contributed by atoms with Crippen molar-refractivity contribution in [2.75, 3.05) is 0 Å². The van der Waals surface area contributed by atoms with Crippen LogP contribution in [-0.2, 0) is 0 Å².